The molecule has 0 aliphatic carbocycles. The van der Waals surface area contributed by atoms with Crippen LogP contribution in [0.2, 0.25) is 0 Å². The molecular formula is C12H21N5O. The lowest BCUT2D eigenvalue weighted by Gasteiger charge is -2.36. The minimum Gasteiger partial charge on any atom is -0.373 e. The number of aromatic nitrogens is 2. The molecule has 1 aliphatic heterocycles. The van der Waals surface area contributed by atoms with E-state index >= 15 is 0 Å². The summed E-state index contributed by atoms with van der Waals surface area (Å²) in [7, 11) is 0. The van der Waals surface area contributed by atoms with E-state index in [4.69, 9.17) is 10.6 Å². The van der Waals surface area contributed by atoms with E-state index in [1.165, 1.54) is 0 Å². The Hall–Kier alpha value is -1.08. The first-order valence-electron chi connectivity index (χ1n) is 6.41. The Morgan fingerprint density at radius 1 is 1.61 bits per heavy atom. The first kappa shape index (κ1) is 13.4. The molecule has 18 heavy (non-hydrogen) atoms. The van der Waals surface area contributed by atoms with Gasteiger partial charge >= 0.3 is 0 Å². The van der Waals surface area contributed by atoms with Gasteiger partial charge in [-0.1, -0.05) is 6.92 Å². The number of nitrogens with two attached hydrogens (primary N) is 1. The van der Waals surface area contributed by atoms with Gasteiger partial charge in [-0.25, -0.2) is 5.43 Å². The number of hydrogen-bond acceptors (Lipinski definition) is 6. The highest BCUT2D eigenvalue weighted by atomic mass is 16.5. The standard InChI is InChI=1S/C12H21N5O/c1-2-5-17-6-7-18-11(9-17)12(16-13)10-8-14-3-4-15-10/h3-4,8,11-12,16H,2,5-7,9,13H2,1H3. The van der Waals surface area contributed by atoms with Crippen molar-refractivity contribution in [3.63, 3.8) is 0 Å². The molecule has 2 unspecified atom stereocenters. The van der Waals surface area contributed by atoms with Gasteiger partial charge in [0.2, 0.25) is 0 Å². The molecule has 1 saturated heterocycles. The van der Waals surface area contributed by atoms with Crippen LogP contribution in [0.1, 0.15) is 25.1 Å². The summed E-state index contributed by atoms with van der Waals surface area (Å²) in [6.07, 6.45) is 6.23. The van der Waals surface area contributed by atoms with E-state index in [9.17, 15) is 0 Å². The molecule has 100 valence electrons. The Bertz CT molecular complexity index is 346. The lowest BCUT2D eigenvalue weighted by molar-refractivity contribution is -0.0478. The molecule has 6 heteroatoms. The van der Waals surface area contributed by atoms with Gasteiger partial charge in [0.25, 0.3) is 0 Å². The van der Waals surface area contributed by atoms with Crippen molar-refractivity contribution in [3.8, 4) is 0 Å². The third-order valence-electron chi connectivity index (χ3n) is 3.17. The van der Waals surface area contributed by atoms with E-state index in [2.05, 4.69) is 27.2 Å². The van der Waals surface area contributed by atoms with Gasteiger partial charge in [-0.05, 0) is 13.0 Å². The summed E-state index contributed by atoms with van der Waals surface area (Å²) in [4.78, 5) is 10.8. The average molecular weight is 251 g/mol. The molecule has 0 amide bonds. The molecule has 0 bridgehead atoms. The Balaban J connectivity index is 2.03. The van der Waals surface area contributed by atoms with Crippen LogP contribution in [-0.4, -0.2) is 47.2 Å². The molecule has 0 radical (unpaired) electrons. The van der Waals surface area contributed by atoms with Gasteiger partial charge in [0, 0.05) is 25.5 Å². The number of rotatable bonds is 5. The second kappa shape index (κ2) is 6.75. The zero-order valence-corrected chi connectivity index (χ0v) is 10.7. The maximum Gasteiger partial charge on any atom is 0.0925 e. The van der Waals surface area contributed by atoms with Crippen molar-refractivity contribution in [1.29, 1.82) is 0 Å². The van der Waals surface area contributed by atoms with Gasteiger partial charge in [-0.3, -0.25) is 20.7 Å². The number of morpholine rings is 1. The fraction of sp³-hybridized carbons (Fsp3) is 0.667. The normalized spacial score (nSPS) is 22.9. The lowest BCUT2D eigenvalue weighted by atomic mass is 10.1. The van der Waals surface area contributed by atoms with Crippen LogP contribution in [0.15, 0.2) is 18.6 Å². The predicted molar refractivity (Wildman–Crippen MR) is 68.6 cm³/mol. The summed E-state index contributed by atoms with van der Waals surface area (Å²) in [5.74, 6) is 5.64. The van der Waals surface area contributed by atoms with E-state index in [0.717, 1.165) is 38.4 Å². The van der Waals surface area contributed by atoms with Crippen LogP contribution in [0, 0.1) is 0 Å². The predicted octanol–water partition coefficient (Wildman–Crippen LogP) is 0.0918. The maximum absolute atomic E-state index is 5.81. The Morgan fingerprint density at radius 3 is 3.17 bits per heavy atom. The van der Waals surface area contributed by atoms with Crippen molar-refractivity contribution in [2.45, 2.75) is 25.5 Å². The van der Waals surface area contributed by atoms with Crippen molar-refractivity contribution in [2.24, 2.45) is 5.84 Å². The van der Waals surface area contributed by atoms with E-state index < -0.39 is 0 Å². The molecule has 1 aromatic rings. The second-order valence-electron chi connectivity index (χ2n) is 4.48. The number of nitrogens with one attached hydrogen (secondary N) is 1. The Kier molecular flexibility index (Phi) is 5.00. The minimum absolute atomic E-state index is 0.0204. The van der Waals surface area contributed by atoms with Gasteiger partial charge in [0.1, 0.15) is 0 Å². The minimum atomic E-state index is -0.113. The SMILES string of the molecule is CCCN1CCOC(C(NN)c2cnccn2)C1. The van der Waals surface area contributed by atoms with Crippen LogP contribution in [0.25, 0.3) is 0 Å². The van der Waals surface area contributed by atoms with E-state index in [1.807, 2.05) is 0 Å². The number of ether oxygens (including phenoxy) is 1. The molecule has 0 saturated carbocycles. The third-order valence-corrected chi connectivity index (χ3v) is 3.17. The zero-order chi connectivity index (χ0) is 12.8. The quantitative estimate of drug-likeness (QED) is 0.570. The van der Waals surface area contributed by atoms with E-state index in [0.29, 0.717) is 0 Å². The summed E-state index contributed by atoms with van der Waals surface area (Å²) in [5, 5.41) is 0. The summed E-state index contributed by atoms with van der Waals surface area (Å²) >= 11 is 0. The van der Waals surface area contributed by atoms with Gasteiger partial charge in [-0.15, -0.1) is 0 Å². The summed E-state index contributed by atoms with van der Waals surface area (Å²) < 4.78 is 5.81. The van der Waals surface area contributed by atoms with Crippen LogP contribution < -0.4 is 11.3 Å². The van der Waals surface area contributed by atoms with E-state index in [-0.39, 0.29) is 12.1 Å². The van der Waals surface area contributed by atoms with Crippen molar-refractivity contribution in [1.82, 2.24) is 20.3 Å². The largest absolute Gasteiger partial charge is 0.373 e. The van der Waals surface area contributed by atoms with Gasteiger partial charge < -0.3 is 4.74 Å². The van der Waals surface area contributed by atoms with Crippen LogP contribution in [0.5, 0.6) is 0 Å². The van der Waals surface area contributed by atoms with Crippen LogP contribution in [-0.2, 0) is 4.74 Å². The number of nitrogens with zero attached hydrogens (tertiary/aromatic N) is 3. The van der Waals surface area contributed by atoms with Gasteiger partial charge in [0.05, 0.1) is 30.6 Å². The second-order valence-corrected chi connectivity index (χ2v) is 4.48. The highest BCUT2D eigenvalue weighted by Crippen LogP contribution is 2.19. The Morgan fingerprint density at radius 2 is 2.50 bits per heavy atom. The summed E-state index contributed by atoms with van der Waals surface area (Å²) in [6.45, 7) is 5.88. The first-order valence-corrected chi connectivity index (χ1v) is 6.41. The molecule has 0 aromatic carbocycles. The van der Waals surface area contributed by atoms with Crippen molar-refractivity contribution >= 4 is 0 Å². The monoisotopic (exact) mass is 251 g/mol. The van der Waals surface area contributed by atoms with Crippen molar-refractivity contribution in [2.75, 3.05) is 26.2 Å². The number of hydrazine groups is 1. The van der Waals surface area contributed by atoms with Crippen LogP contribution >= 0.6 is 0 Å². The molecule has 2 rings (SSSR count). The topological polar surface area (TPSA) is 76.3 Å². The smallest absolute Gasteiger partial charge is 0.0925 e. The highest BCUT2D eigenvalue weighted by molar-refractivity contribution is 5.05. The third kappa shape index (κ3) is 3.23. The molecule has 1 aromatic heterocycles. The Labute approximate surface area is 108 Å². The zero-order valence-electron chi connectivity index (χ0n) is 10.7. The number of hydrogen-bond donors (Lipinski definition) is 2. The molecule has 6 nitrogen and oxygen atoms in total. The molecule has 1 aliphatic rings. The maximum atomic E-state index is 5.81. The molecule has 2 heterocycles. The fourth-order valence-electron chi connectivity index (χ4n) is 2.31. The molecule has 2 atom stereocenters. The average Bonchev–Trinajstić information content (AvgIpc) is 2.42. The summed E-state index contributed by atoms with van der Waals surface area (Å²) in [5.41, 5.74) is 3.62. The van der Waals surface area contributed by atoms with Gasteiger partial charge in [0.15, 0.2) is 0 Å². The molecule has 1 fully saturated rings. The fourth-order valence-corrected chi connectivity index (χ4v) is 2.31. The van der Waals surface area contributed by atoms with Crippen molar-refractivity contribution in [3.05, 3.63) is 24.3 Å². The van der Waals surface area contributed by atoms with Crippen molar-refractivity contribution < 1.29 is 4.74 Å². The van der Waals surface area contributed by atoms with Crippen LogP contribution in [0.4, 0.5) is 0 Å². The summed E-state index contributed by atoms with van der Waals surface area (Å²) in [6, 6.07) is -0.113. The first-order chi connectivity index (χ1) is 8.85. The molecular weight excluding hydrogens is 230 g/mol. The molecule has 3 N–H and O–H groups in total. The molecule has 0 spiro atoms. The van der Waals surface area contributed by atoms with Gasteiger partial charge in [-0.2, -0.15) is 0 Å². The van der Waals surface area contributed by atoms with E-state index in [1.54, 1.807) is 18.6 Å². The lowest BCUT2D eigenvalue weighted by Crippen LogP contribution is -2.49. The van der Waals surface area contributed by atoms with Crippen LogP contribution in [0.3, 0.4) is 0 Å². The highest BCUT2D eigenvalue weighted by Gasteiger charge is 2.29.